The lowest BCUT2D eigenvalue weighted by molar-refractivity contribution is 0.0991. The van der Waals surface area contributed by atoms with Crippen LogP contribution in [-0.2, 0) is 0 Å². The second-order valence-electron chi connectivity index (χ2n) is 4.68. The topological polar surface area (TPSA) is 80.9 Å². The average molecular weight is 335 g/mol. The van der Waals surface area contributed by atoms with Crippen molar-refractivity contribution in [1.29, 1.82) is 0 Å². The van der Waals surface area contributed by atoms with Gasteiger partial charge in [0.15, 0.2) is 0 Å². The van der Waals surface area contributed by atoms with E-state index in [1.807, 2.05) is 0 Å². The maximum absolute atomic E-state index is 13.4. The highest BCUT2D eigenvalue weighted by molar-refractivity contribution is 6.31. The van der Waals surface area contributed by atoms with Crippen LogP contribution in [0.25, 0.3) is 10.9 Å². The summed E-state index contributed by atoms with van der Waals surface area (Å²) >= 11 is 5.73. The van der Waals surface area contributed by atoms with Crippen molar-refractivity contribution >= 4 is 39.9 Å². The molecule has 2 aromatic carbocycles. The van der Waals surface area contributed by atoms with E-state index in [0.717, 1.165) is 6.07 Å². The minimum Gasteiger partial charge on any atom is -0.363 e. The molecule has 0 aliphatic heterocycles. The predicted octanol–water partition coefficient (Wildman–Crippen LogP) is 3.40. The van der Waals surface area contributed by atoms with Gasteiger partial charge in [-0.15, -0.1) is 0 Å². The van der Waals surface area contributed by atoms with Crippen LogP contribution < -0.4 is 11.1 Å². The Kier molecular flexibility index (Phi) is 3.79. The Morgan fingerprint density at radius 2 is 1.91 bits per heavy atom. The van der Waals surface area contributed by atoms with E-state index in [4.69, 9.17) is 17.3 Å². The van der Waals surface area contributed by atoms with Gasteiger partial charge in [0.2, 0.25) is 5.82 Å². The Morgan fingerprint density at radius 3 is 2.61 bits per heavy atom. The molecule has 3 rings (SSSR count). The number of anilines is 2. The van der Waals surface area contributed by atoms with Crippen LogP contribution in [0.15, 0.2) is 36.4 Å². The summed E-state index contributed by atoms with van der Waals surface area (Å²) in [5.74, 6) is -1.96. The molecule has 0 spiro atoms. The number of nitrogens with zero attached hydrogens (tertiary/aromatic N) is 2. The van der Waals surface area contributed by atoms with Crippen molar-refractivity contribution in [1.82, 2.24) is 9.97 Å². The third-order valence-corrected chi connectivity index (χ3v) is 3.35. The number of carbonyl (C=O) groups is 1. The second-order valence-corrected chi connectivity index (χ2v) is 5.08. The third-order valence-electron chi connectivity index (χ3n) is 3.06. The fraction of sp³-hybridized carbons (Fsp3) is 0. The monoisotopic (exact) mass is 334 g/mol. The molecule has 0 unspecified atom stereocenters. The fourth-order valence-electron chi connectivity index (χ4n) is 2.02. The zero-order valence-corrected chi connectivity index (χ0v) is 12.2. The van der Waals surface area contributed by atoms with Crippen molar-refractivity contribution in [2.24, 2.45) is 5.73 Å². The van der Waals surface area contributed by atoms with Crippen molar-refractivity contribution in [3.8, 4) is 0 Å². The Labute approximate surface area is 134 Å². The highest BCUT2D eigenvalue weighted by atomic mass is 35.5. The summed E-state index contributed by atoms with van der Waals surface area (Å²) in [5, 5.41) is 3.29. The summed E-state index contributed by atoms with van der Waals surface area (Å²) in [7, 11) is 0. The lowest BCUT2D eigenvalue weighted by Crippen LogP contribution is -2.16. The van der Waals surface area contributed by atoms with Crippen LogP contribution in [0.1, 0.15) is 10.6 Å². The van der Waals surface area contributed by atoms with Crippen LogP contribution in [0.2, 0.25) is 5.02 Å². The molecule has 3 aromatic rings. The summed E-state index contributed by atoms with van der Waals surface area (Å²) < 4.78 is 26.6. The fourth-order valence-corrected chi connectivity index (χ4v) is 2.20. The number of rotatable bonds is 3. The summed E-state index contributed by atoms with van der Waals surface area (Å²) in [6.45, 7) is 0. The molecule has 5 nitrogen and oxygen atoms in total. The molecule has 0 aliphatic carbocycles. The largest absolute Gasteiger partial charge is 0.363 e. The van der Waals surface area contributed by atoms with Gasteiger partial charge in [0.1, 0.15) is 17.5 Å². The van der Waals surface area contributed by atoms with Gasteiger partial charge in [0, 0.05) is 17.1 Å². The smallest absolute Gasteiger partial charge is 0.286 e. The predicted molar refractivity (Wildman–Crippen MR) is 82.7 cm³/mol. The van der Waals surface area contributed by atoms with Gasteiger partial charge in [-0.1, -0.05) is 11.6 Å². The summed E-state index contributed by atoms with van der Waals surface area (Å²) in [4.78, 5) is 19.3. The molecule has 8 heteroatoms. The van der Waals surface area contributed by atoms with Gasteiger partial charge >= 0.3 is 0 Å². The number of nitrogens with two attached hydrogens (primary N) is 1. The molecule has 0 bridgehead atoms. The first-order valence-corrected chi connectivity index (χ1v) is 6.81. The van der Waals surface area contributed by atoms with E-state index < -0.39 is 17.5 Å². The van der Waals surface area contributed by atoms with Crippen molar-refractivity contribution in [2.75, 3.05) is 5.32 Å². The first kappa shape index (κ1) is 15.1. The summed E-state index contributed by atoms with van der Waals surface area (Å²) in [6, 6.07) is 7.84. The zero-order chi connectivity index (χ0) is 16.6. The van der Waals surface area contributed by atoms with E-state index in [0.29, 0.717) is 11.1 Å². The van der Waals surface area contributed by atoms with Gasteiger partial charge in [-0.2, -0.15) is 0 Å². The van der Waals surface area contributed by atoms with Gasteiger partial charge in [0.25, 0.3) is 5.91 Å². The molecule has 0 aliphatic rings. The van der Waals surface area contributed by atoms with Crippen LogP contribution in [0, 0.1) is 11.6 Å². The number of fused-ring (bicyclic) bond motifs is 1. The first-order valence-electron chi connectivity index (χ1n) is 6.43. The van der Waals surface area contributed by atoms with Crippen molar-refractivity contribution in [3.63, 3.8) is 0 Å². The van der Waals surface area contributed by atoms with Crippen LogP contribution in [0.3, 0.4) is 0 Å². The first-order chi connectivity index (χ1) is 10.9. The number of primary amides is 1. The molecule has 0 saturated carbocycles. The number of benzene rings is 2. The highest BCUT2D eigenvalue weighted by Gasteiger charge is 2.13. The zero-order valence-electron chi connectivity index (χ0n) is 11.5. The SMILES string of the molecule is NC(=O)c1nc(Nc2ccc(F)c(Cl)c2)c2ccc(F)cc2n1. The molecule has 0 saturated heterocycles. The van der Waals surface area contributed by atoms with Crippen LogP contribution in [0.5, 0.6) is 0 Å². The molecule has 23 heavy (non-hydrogen) atoms. The van der Waals surface area contributed by atoms with Crippen molar-refractivity contribution in [2.45, 2.75) is 0 Å². The Hall–Kier alpha value is -2.80. The number of carbonyl (C=O) groups excluding carboxylic acids is 1. The number of hydrogen-bond acceptors (Lipinski definition) is 4. The van der Waals surface area contributed by atoms with Crippen molar-refractivity contribution < 1.29 is 13.6 Å². The number of hydrogen-bond donors (Lipinski definition) is 2. The Balaban J connectivity index is 2.14. The van der Waals surface area contributed by atoms with E-state index in [-0.39, 0.29) is 22.2 Å². The lowest BCUT2D eigenvalue weighted by Gasteiger charge is -2.10. The van der Waals surface area contributed by atoms with Gasteiger partial charge in [0.05, 0.1) is 10.5 Å². The normalized spacial score (nSPS) is 10.7. The number of amides is 1. The standard InChI is InChI=1S/C15H9ClF2N4O/c16-10-6-8(2-4-11(10)18)20-14-9-3-1-7(17)5-12(9)21-15(22-14)13(19)23/h1-6H,(H2,19,23)(H,20,21,22). The highest BCUT2D eigenvalue weighted by Crippen LogP contribution is 2.26. The van der Waals surface area contributed by atoms with E-state index in [9.17, 15) is 13.6 Å². The molecular weight excluding hydrogens is 326 g/mol. The second kappa shape index (κ2) is 5.77. The van der Waals surface area contributed by atoms with Gasteiger partial charge in [-0.25, -0.2) is 18.7 Å². The van der Waals surface area contributed by atoms with Gasteiger partial charge < -0.3 is 11.1 Å². The molecule has 1 heterocycles. The Bertz CT molecular complexity index is 933. The molecule has 116 valence electrons. The van der Waals surface area contributed by atoms with E-state index >= 15 is 0 Å². The minimum atomic E-state index is -0.851. The molecule has 3 N–H and O–H groups in total. The van der Waals surface area contributed by atoms with Crippen molar-refractivity contribution in [3.05, 3.63) is 58.9 Å². The van der Waals surface area contributed by atoms with E-state index in [1.54, 1.807) is 0 Å². The number of aromatic nitrogens is 2. The lowest BCUT2D eigenvalue weighted by atomic mass is 10.2. The molecule has 1 aromatic heterocycles. The van der Waals surface area contributed by atoms with Crippen LogP contribution in [0.4, 0.5) is 20.3 Å². The molecule has 0 fully saturated rings. The quantitative estimate of drug-likeness (QED) is 0.769. The molecule has 0 radical (unpaired) electrons. The summed E-state index contributed by atoms with van der Waals surface area (Å²) in [6.07, 6.45) is 0. The average Bonchev–Trinajstić information content (AvgIpc) is 2.50. The van der Waals surface area contributed by atoms with Crippen LogP contribution in [-0.4, -0.2) is 15.9 Å². The van der Waals surface area contributed by atoms with Crippen LogP contribution >= 0.6 is 11.6 Å². The number of nitrogens with one attached hydrogen (secondary N) is 1. The molecular formula is C15H9ClF2N4O. The van der Waals surface area contributed by atoms with E-state index in [2.05, 4.69) is 15.3 Å². The van der Waals surface area contributed by atoms with Gasteiger partial charge in [-0.05, 0) is 30.3 Å². The minimum absolute atomic E-state index is 0.0745. The molecule has 1 amide bonds. The van der Waals surface area contributed by atoms with Gasteiger partial charge in [-0.3, -0.25) is 4.79 Å². The maximum atomic E-state index is 13.4. The number of halogens is 3. The third kappa shape index (κ3) is 3.04. The summed E-state index contributed by atoms with van der Waals surface area (Å²) in [5.41, 5.74) is 5.85. The maximum Gasteiger partial charge on any atom is 0.286 e. The molecule has 0 atom stereocenters. The Morgan fingerprint density at radius 1 is 1.13 bits per heavy atom. The van der Waals surface area contributed by atoms with E-state index in [1.165, 1.54) is 30.3 Å².